The molecule has 1 heterocycles. The molecule has 0 aromatic rings. The molecule has 0 radical (unpaired) electrons. The second-order valence-electron chi connectivity index (χ2n) is 7.88. The second-order valence-corrected chi connectivity index (χ2v) is 7.88. The summed E-state index contributed by atoms with van der Waals surface area (Å²) in [5.74, 6) is 0.628. The number of rotatable bonds is 1. The van der Waals surface area contributed by atoms with E-state index in [-0.39, 0.29) is 0 Å². The standard InChI is InChI=1S/C17H29N/c1-12-8-13(2)15(14(3)9-12)18-11-16(4,5)10-17(18,6)7/h8-9,13,15H,10-11H2,1-7H3. The molecular weight excluding hydrogens is 218 g/mol. The van der Waals surface area contributed by atoms with Gasteiger partial charge in [-0.15, -0.1) is 0 Å². The number of likely N-dealkylation sites (tertiary alicyclic amines) is 1. The largest absolute Gasteiger partial charge is 0.290 e. The predicted octanol–water partition coefficient (Wildman–Crippen LogP) is 4.41. The van der Waals surface area contributed by atoms with Crippen LogP contribution < -0.4 is 0 Å². The lowest BCUT2D eigenvalue weighted by Crippen LogP contribution is -2.49. The molecule has 2 rings (SSSR count). The number of nitrogens with zero attached hydrogens (tertiary/aromatic N) is 1. The molecular formula is C17H29N. The molecule has 0 N–H and O–H groups in total. The van der Waals surface area contributed by atoms with E-state index < -0.39 is 0 Å². The lowest BCUT2D eigenvalue weighted by Gasteiger charge is -2.42. The van der Waals surface area contributed by atoms with Gasteiger partial charge in [-0.1, -0.05) is 44.1 Å². The van der Waals surface area contributed by atoms with E-state index >= 15 is 0 Å². The maximum absolute atomic E-state index is 2.74. The lowest BCUT2D eigenvalue weighted by molar-refractivity contribution is 0.110. The van der Waals surface area contributed by atoms with Crippen LogP contribution in [0.5, 0.6) is 0 Å². The van der Waals surface area contributed by atoms with E-state index in [2.05, 4.69) is 65.5 Å². The second kappa shape index (κ2) is 4.23. The summed E-state index contributed by atoms with van der Waals surface area (Å²) in [7, 11) is 0. The van der Waals surface area contributed by atoms with Gasteiger partial charge in [0.05, 0.1) is 0 Å². The quantitative estimate of drug-likeness (QED) is 0.663. The summed E-state index contributed by atoms with van der Waals surface area (Å²) >= 11 is 0. The van der Waals surface area contributed by atoms with Crippen molar-refractivity contribution >= 4 is 0 Å². The van der Waals surface area contributed by atoms with Gasteiger partial charge >= 0.3 is 0 Å². The van der Waals surface area contributed by atoms with Gasteiger partial charge in [0, 0.05) is 18.1 Å². The van der Waals surface area contributed by atoms with E-state index in [1.165, 1.54) is 24.1 Å². The van der Waals surface area contributed by atoms with Crippen LogP contribution in [0.25, 0.3) is 0 Å². The van der Waals surface area contributed by atoms with Crippen LogP contribution in [0.2, 0.25) is 0 Å². The van der Waals surface area contributed by atoms with Crippen molar-refractivity contribution < 1.29 is 0 Å². The molecule has 1 saturated heterocycles. The van der Waals surface area contributed by atoms with Gasteiger partial charge in [-0.2, -0.15) is 0 Å². The zero-order valence-corrected chi connectivity index (χ0v) is 13.2. The van der Waals surface area contributed by atoms with E-state index in [1.54, 1.807) is 0 Å². The maximum atomic E-state index is 2.74. The van der Waals surface area contributed by atoms with Crippen LogP contribution in [0.1, 0.15) is 54.9 Å². The fourth-order valence-electron chi connectivity index (χ4n) is 4.42. The van der Waals surface area contributed by atoms with Crippen molar-refractivity contribution in [3.63, 3.8) is 0 Å². The van der Waals surface area contributed by atoms with E-state index in [0.29, 0.717) is 22.9 Å². The van der Waals surface area contributed by atoms with Gasteiger partial charge in [-0.05, 0) is 45.4 Å². The van der Waals surface area contributed by atoms with Crippen LogP contribution >= 0.6 is 0 Å². The summed E-state index contributed by atoms with van der Waals surface area (Å²) in [6.45, 7) is 17.7. The van der Waals surface area contributed by atoms with E-state index in [4.69, 9.17) is 0 Å². The monoisotopic (exact) mass is 247 g/mol. The Kier molecular flexibility index (Phi) is 3.26. The average molecular weight is 247 g/mol. The third kappa shape index (κ3) is 2.42. The number of allylic oxidation sites excluding steroid dienone is 2. The molecule has 2 aliphatic rings. The summed E-state index contributed by atoms with van der Waals surface area (Å²) in [4.78, 5) is 2.74. The minimum Gasteiger partial charge on any atom is -0.290 e. The van der Waals surface area contributed by atoms with Crippen LogP contribution in [0.3, 0.4) is 0 Å². The smallest absolute Gasteiger partial charge is 0.0373 e. The first-order valence-electron chi connectivity index (χ1n) is 7.26. The molecule has 102 valence electrons. The van der Waals surface area contributed by atoms with Gasteiger partial charge < -0.3 is 0 Å². The van der Waals surface area contributed by atoms with E-state index in [1.807, 2.05) is 0 Å². The van der Waals surface area contributed by atoms with Gasteiger partial charge in [0.1, 0.15) is 0 Å². The molecule has 1 heteroatoms. The summed E-state index contributed by atoms with van der Waals surface area (Å²) in [6, 6.07) is 0.588. The first kappa shape index (κ1) is 13.9. The number of hydrogen-bond donors (Lipinski definition) is 0. The van der Waals surface area contributed by atoms with Gasteiger partial charge in [0.15, 0.2) is 0 Å². The Labute approximate surface area is 113 Å². The van der Waals surface area contributed by atoms with Crippen molar-refractivity contribution in [1.29, 1.82) is 0 Å². The van der Waals surface area contributed by atoms with Crippen molar-refractivity contribution in [3.8, 4) is 0 Å². The highest BCUT2D eigenvalue weighted by atomic mass is 15.3. The van der Waals surface area contributed by atoms with Crippen molar-refractivity contribution in [2.75, 3.05) is 6.54 Å². The molecule has 0 aromatic carbocycles. The molecule has 2 unspecified atom stereocenters. The normalized spacial score (nSPS) is 35.3. The summed E-state index contributed by atoms with van der Waals surface area (Å²) in [5, 5.41) is 0. The topological polar surface area (TPSA) is 3.24 Å². The minimum atomic E-state index is 0.316. The van der Waals surface area contributed by atoms with Gasteiger partial charge in [0.2, 0.25) is 0 Å². The first-order chi connectivity index (χ1) is 8.12. The highest BCUT2D eigenvalue weighted by Gasteiger charge is 2.47. The van der Waals surface area contributed by atoms with Crippen molar-refractivity contribution in [2.24, 2.45) is 11.3 Å². The molecule has 1 aliphatic heterocycles. The van der Waals surface area contributed by atoms with Crippen LogP contribution in [0.15, 0.2) is 23.3 Å². The van der Waals surface area contributed by atoms with Crippen LogP contribution in [-0.2, 0) is 0 Å². The van der Waals surface area contributed by atoms with Crippen molar-refractivity contribution in [2.45, 2.75) is 66.5 Å². The highest BCUT2D eigenvalue weighted by Crippen LogP contribution is 2.45. The van der Waals surface area contributed by atoms with Crippen molar-refractivity contribution in [3.05, 3.63) is 23.3 Å². The Morgan fingerprint density at radius 2 is 1.78 bits per heavy atom. The average Bonchev–Trinajstić information content (AvgIpc) is 2.32. The molecule has 0 aromatic heterocycles. The SMILES string of the molecule is CC1=CC(C)C(N2CC(C)(C)CC2(C)C)C(C)=C1. The Morgan fingerprint density at radius 3 is 2.22 bits per heavy atom. The number of hydrogen-bond acceptors (Lipinski definition) is 1. The van der Waals surface area contributed by atoms with Gasteiger partial charge in [-0.3, -0.25) is 4.90 Å². The molecule has 0 bridgehead atoms. The van der Waals surface area contributed by atoms with Crippen molar-refractivity contribution in [1.82, 2.24) is 4.90 Å². The summed E-state index contributed by atoms with van der Waals surface area (Å²) in [5.41, 5.74) is 3.72. The van der Waals surface area contributed by atoms with E-state index in [0.717, 1.165) is 0 Å². The Hall–Kier alpha value is -0.560. The molecule has 0 spiro atoms. The lowest BCUT2D eigenvalue weighted by atomic mass is 9.84. The molecule has 1 fully saturated rings. The fourth-order valence-corrected chi connectivity index (χ4v) is 4.42. The first-order valence-corrected chi connectivity index (χ1v) is 7.26. The summed E-state index contributed by atoms with van der Waals surface area (Å²) < 4.78 is 0. The molecule has 1 aliphatic carbocycles. The fraction of sp³-hybridized carbons (Fsp3) is 0.765. The molecule has 1 nitrogen and oxygen atoms in total. The Morgan fingerprint density at radius 1 is 1.17 bits per heavy atom. The van der Waals surface area contributed by atoms with E-state index in [9.17, 15) is 0 Å². The third-order valence-corrected chi connectivity index (χ3v) is 4.57. The zero-order chi connectivity index (χ0) is 13.7. The van der Waals surface area contributed by atoms with Gasteiger partial charge in [-0.25, -0.2) is 0 Å². The highest BCUT2D eigenvalue weighted by molar-refractivity contribution is 5.32. The minimum absolute atomic E-state index is 0.316. The zero-order valence-electron chi connectivity index (χ0n) is 13.2. The molecule has 2 atom stereocenters. The third-order valence-electron chi connectivity index (χ3n) is 4.57. The van der Waals surface area contributed by atoms with Gasteiger partial charge in [0.25, 0.3) is 0 Å². The molecule has 0 saturated carbocycles. The van der Waals surface area contributed by atoms with Crippen LogP contribution in [0, 0.1) is 11.3 Å². The molecule has 0 amide bonds. The summed E-state index contributed by atoms with van der Waals surface area (Å²) in [6.07, 6.45) is 6.09. The Bertz CT molecular complexity index is 398. The molecule has 18 heavy (non-hydrogen) atoms. The maximum Gasteiger partial charge on any atom is 0.0373 e. The van der Waals surface area contributed by atoms with Crippen LogP contribution in [0.4, 0.5) is 0 Å². The van der Waals surface area contributed by atoms with Crippen LogP contribution in [-0.4, -0.2) is 23.0 Å². The Balaban J connectivity index is 2.30. The predicted molar refractivity (Wildman–Crippen MR) is 79.6 cm³/mol.